The van der Waals surface area contributed by atoms with Crippen molar-refractivity contribution in [1.82, 2.24) is 9.80 Å². The van der Waals surface area contributed by atoms with Crippen LogP contribution in [-0.4, -0.2) is 55.6 Å². The van der Waals surface area contributed by atoms with Gasteiger partial charge in [-0.2, -0.15) is 0 Å². The highest BCUT2D eigenvalue weighted by atomic mass is 15.2. The van der Waals surface area contributed by atoms with Gasteiger partial charge in [0, 0.05) is 25.2 Å². The van der Waals surface area contributed by atoms with Crippen molar-refractivity contribution in [2.24, 2.45) is 11.7 Å². The number of nitrogens with two attached hydrogens (primary N) is 1. The Hall–Kier alpha value is -0.120. The minimum absolute atomic E-state index is 0.288. The van der Waals surface area contributed by atoms with Gasteiger partial charge >= 0.3 is 0 Å². The smallest absolute Gasteiger partial charge is 0.0332 e. The highest BCUT2D eigenvalue weighted by molar-refractivity contribution is 4.96. The maximum atomic E-state index is 6.24. The molecule has 0 saturated heterocycles. The van der Waals surface area contributed by atoms with Crippen LogP contribution in [0, 0.1) is 5.92 Å². The van der Waals surface area contributed by atoms with Crippen LogP contribution < -0.4 is 5.73 Å². The first-order valence-corrected chi connectivity index (χ1v) is 8.67. The number of rotatable bonds is 9. The number of hydrogen-bond acceptors (Lipinski definition) is 3. The van der Waals surface area contributed by atoms with Crippen molar-refractivity contribution in [1.29, 1.82) is 0 Å². The van der Waals surface area contributed by atoms with Crippen LogP contribution in [0.25, 0.3) is 0 Å². The summed E-state index contributed by atoms with van der Waals surface area (Å²) in [4.78, 5) is 4.99. The Labute approximate surface area is 126 Å². The third kappa shape index (κ3) is 5.01. The van der Waals surface area contributed by atoms with E-state index in [-0.39, 0.29) is 5.54 Å². The van der Waals surface area contributed by atoms with Gasteiger partial charge in [-0.15, -0.1) is 0 Å². The van der Waals surface area contributed by atoms with Gasteiger partial charge in [0.2, 0.25) is 0 Å². The van der Waals surface area contributed by atoms with E-state index in [1.807, 2.05) is 0 Å². The van der Waals surface area contributed by atoms with Gasteiger partial charge in [0.1, 0.15) is 0 Å². The van der Waals surface area contributed by atoms with Crippen molar-refractivity contribution in [3.05, 3.63) is 0 Å². The summed E-state index contributed by atoms with van der Waals surface area (Å²) in [6.07, 6.45) is 9.35. The molecule has 0 heterocycles. The topological polar surface area (TPSA) is 32.5 Å². The van der Waals surface area contributed by atoms with Gasteiger partial charge < -0.3 is 10.6 Å². The van der Waals surface area contributed by atoms with Crippen molar-refractivity contribution in [3.8, 4) is 0 Å². The molecule has 0 aromatic heterocycles. The highest BCUT2D eigenvalue weighted by Crippen LogP contribution is 2.37. The largest absolute Gasteiger partial charge is 0.329 e. The molecule has 3 heteroatoms. The Morgan fingerprint density at radius 1 is 1.00 bits per heavy atom. The number of likely N-dealkylation sites (N-methyl/N-ethyl adjacent to an activating group) is 1. The summed E-state index contributed by atoms with van der Waals surface area (Å²) in [6, 6.07) is 0. The Balaban J connectivity index is 2.64. The molecule has 0 unspecified atom stereocenters. The first-order valence-electron chi connectivity index (χ1n) is 8.67. The maximum absolute atomic E-state index is 6.24. The summed E-state index contributed by atoms with van der Waals surface area (Å²) in [6.45, 7) is 8.93. The molecule has 0 spiro atoms. The van der Waals surface area contributed by atoms with E-state index in [0.717, 1.165) is 25.6 Å². The molecule has 1 saturated carbocycles. The summed E-state index contributed by atoms with van der Waals surface area (Å²) in [7, 11) is 4.33. The van der Waals surface area contributed by atoms with Crippen LogP contribution in [0.2, 0.25) is 0 Å². The average molecular weight is 284 g/mol. The van der Waals surface area contributed by atoms with E-state index in [0.29, 0.717) is 0 Å². The zero-order chi connectivity index (χ0) is 15.0. The fraction of sp³-hybridized carbons (Fsp3) is 1.00. The molecule has 0 aromatic rings. The lowest BCUT2D eigenvalue weighted by Crippen LogP contribution is -2.57. The summed E-state index contributed by atoms with van der Waals surface area (Å²) in [5.41, 5.74) is 6.53. The molecule has 2 N–H and O–H groups in total. The molecular weight excluding hydrogens is 246 g/mol. The molecule has 1 aliphatic carbocycles. The second-order valence-electron chi connectivity index (χ2n) is 6.95. The van der Waals surface area contributed by atoms with Crippen LogP contribution in [-0.2, 0) is 0 Å². The molecule has 0 bridgehead atoms. The SMILES string of the molecule is CCCC1CCC(CN)(N(CCC)CCN(C)C)CC1. The van der Waals surface area contributed by atoms with Crippen molar-refractivity contribution >= 4 is 0 Å². The Morgan fingerprint density at radius 2 is 1.65 bits per heavy atom. The van der Waals surface area contributed by atoms with Gasteiger partial charge in [0.25, 0.3) is 0 Å². The molecule has 0 aromatic carbocycles. The third-order valence-electron chi connectivity index (χ3n) is 5.09. The minimum Gasteiger partial charge on any atom is -0.329 e. The van der Waals surface area contributed by atoms with Crippen LogP contribution >= 0.6 is 0 Å². The highest BCUT2D eigenvalue weighted by Gasteiger charge is 2.38. The molecule has 1 rings (SSSR count). The fourth-order valence-corrected chi connectivity index (χ4v) is 3.74. The van der Waals surface area contributed by atoms with Gasteiger partial charge in [-0.25, -0.2) is 0 Å². The van der Waals surface area contributed by atoms with Crippen LogP contribution in [0.15, 0.2) is 0 Å². The number of nitrogens with zero attached hydrogens (tertiary/aromatic N) is 2. The van der Waals surface area contributed by atoms with Gasteiger partial charge in [0.15, 0.2) is 0 Å². The monoisotopic (exact) mass is 283 g/mol. The Morgan fingerprint density at radius 3 is 2.10 bits per heavy atom. The molecule has 0 amide bonds. The first-order chi connectivity index (χ1) is 9.57. The summed E-state index contributed by atoms with van der Waals surface area (Å²) < 4.78 is 0. The standard InChI is InChI=1S/C17H37N3/c1-5-7-16-8-10-17(15-18,11-9-16)20(12-6-2)14-13-19(3)4/h16H,5-15,18H2,1-4H3. The zero-order valence-corrected chi connectivity index (χ0v) is 14.3. The molecule has 0 aliphatic heterocycles. The minimum atomic E-state index is 0.288. The first kappa shape index (κ1) is 17.9. The normalized spacial score (nSPS) is 27.4. The van der Waals surface area contributed by atoms with E-state index in [1.54, 1.807) is 0 Å². The Kier molecular flexibility index (Phi) is 8.08. The molecule has 120 valence electrons. The second kappa shape index (κ2) is 9.01. The van der Waals surface area contributed by atoms with Crippen molar-refractivity contribution in [2.75, 3.05) is 40.3 Å². The van der Waals surface area contributed by atoms with E-state index in [1.165, 1.54) is 51.5 Å². The van der Waals surface area contributed by atoms with Gasteiger partial charge in [-0.3, -0.25) is 4.90 Å². The summed E-state index contributed by atoms with van der Waals surface area (Å²) in [5.74, 6) is 0.956. The molecular formula is C17H37N3. The van der Waals surface area contributed by atoms with E-state index < -0.39 is 0 Å². The van der Waals surface area contributed by atoms with E-state index in [2.05, 4.69) is 37.7 Å². The van der Waals surface area contributed by atoms with E-state index in [9.17, 15) is 0 Å². The van der Waals surface area contributed by atoms with Crippen LogP contribution in [0.4, 0.5) is 0 Å². The lowest BCUT2D eigenvalue weighted by molar-refractivity contribution is 0.0360. The van der Waals surface area contributed by atoms with Crippen molar-refractivity contribution in [3.63, 3.8) is 0 Å². The van der Waals surface area contributed by atoms with Crippen LogP contribution in [0.3, 0.4) is 0 Å². The summed E-state index contributed by atoms with van der Waals surface area (Å²) >= 11 is 0. The molecule has 3 nitrogen and oxygen atoms in total. The zero-order valence-electron chi connectivity index (χ0n) is 14.3. The molecule has 1 fully saturated rings. The lowest BCUT2D eigenvalue weighted by atomic mass is 9.74. The average Bonchev–Trinajstić information content (AvgIpc) is 2.45. The van der Waals surface area contributed by atoms with E-state index >= 15 is 0 Å². The second-order valence-corrected chi connectivity index (χ2v) is 6.95. The third-order valence-corrected chi connectivity index (χ3v) is 5.09. The van der Waals surface area contributed by atoms with Crippen LogP contribution in [0.5, 0.6) is 0 Å². The van der Waals surface area contributed by atoms with Gasteiger partial charge in [-0.1, -0.05) is 26.7 Å². The molecule has 20 heavy (non-hydrogen) atoms. The van der Waals surface area contributed by atoms with Crippen molar-refractivity contribution in [2.45, 2.75) is 64.3 Å². The maximum Gasteiger partial charge on any atom is 0.0332 e. The van der Waals surface area contributed by atoms with Crippen molar-refractivity contribution < 1.29 is 0 Å². The molecule has 0 radical (unpaired) electrons. The van der Waals surface area contributed by atoms with Crippen LogP contribution in [0.1, 0.15) is 58.8 Å². The van der Waals surface area contributed by atoms with Gasteiger partial charge in [-0.05, 0) is 58.7 Å². The predicted molar refractivity (Wildman–Crippen MR) is 89.1 cm³/mol. The molecule has 0 atom stereocenters. The quantitative estimate of drug-likeness (QED) is 0.706. The fourth-order valence-electron chi connectivity index (χ4n) is 3.74. The summed E-state index contributed by atoms with van der Waals surface area (Å²) in [5, 5.41) is 0. The van der Waals surface area contributed by atoms with E-state index in [4.69, 9.17) is 5.73 Å². The Bertz CT molecular complexity index is 245. The van der Waals surface area contributed by atoms with Gasteiger partial charge in [0.05, 0.1) is 0 Å². The number of hydrogen-bond donors (Lipinski definition) is 1. The predicted octanol–water partition coefficient (Wildman–Crippen LogP) is 2.95. The lowest BCUT2D eigenvalue weighted by Gasteiger charge is -2.48. The molecule has 1 aliphatic rings.